The van der Waals surface area contributed by atoms with Gasteiger partial charge >= 0.3 is 6.09 Å². The van der Waals surface area contributed by atoms with Crippen LogP contribution in [0.1, 0.15) is 33.3 Å². The van der Waals surface area contributed by atoms with E-state index in [0.29, 0.717) is 0 Å². The van der Waals surface area contributed by atoms with Crippen molar-refractivity contribution in [2.75, 3.05) is 5.32 Å². The van der Waals surface area contributed by atoms with Crippen LogP contribution >= 0.6 is 0 Å². The van der Waals surface area contributed by atoms with Crippen LogP contribution in [-0.4, -0.2) is 23.7 Å². The number of carbonyl (C=O) groups excluding carboxylic acids is 1. The molecule has 1 aromatic carbocycles. The average Bonchev–Trinajstić information content (AvgIpc) is 2.29. The molecule has 0 bridgehead atoms. The number of carbonyl (C=O) groups is 1. The maximum atomic E-state index is 13.4. The summed E-state index contributed by atoms with van der Waals surface area (Å²) in [4.78, 5) is 11.8. The number of anilines is 1. The molecule has 0 saturated heterocycles. The number of amides is 1. The second-order valence-electron chi connectivity index (χ2n) is 6.41. The van der Waals surface area contributed by atoms with Crippen molar-refractivity contribution in [1.29, 1.82) is 0 Å². The monoisotopic (exact) mass is 318 g/mol. The fourth-order valence-corrected chi connectivity index (χ4v) is 1.73. The van der Waals surface area contributed by atoms with Gasteiger partial charge in [-0.15, -0.1) is 0 Å². The number of hydrogen-bond donors (Lipinski definition) is 2. The molecule has 0 aromatic heterocycles. The van der Waals surface area contributed by atoms with Crippen molar-refractivity contribution in [1.82, 2.24) is 0 Å². The van der Waals surface area contributed by atoms with E-state index in [2.05, 4.69) is 5.32 Å². The van der Waals surface area contributed by atoms with Crippen LogP contribution in [0.25, 0.3) is 0 Å². The normalized spacial score (nSPS) is 14.6. The minimum atomic E-state index is -2.79. The van der Waals surface area contributed by atoms with Crippen LogP contribution in [0.2, 0.25) is 0 Å². The zero-order valence-corrected chi connectivity index (χ0v) is 13.0. The Labute approximate surface area is 127 Å². The summed E-state index contributed by atoms with van der Waals surface area (Å²) in [6, 6.07) is 3.47. The number of alkyl halides is 2. The average molecular weight is 318 g/mol. The van der Waals surface area contributed by atoms with E-state index >= 15 is 0 Å². The molecule has 22 heavy (non-hydrogen) atoms. The summed E-state index contributed by atoms with van der Waals surface area (Å²) in [5, 5.41) is 2.43. The Morgan fingerprint density at radius 3 is 2.41 bits per heavy atom. The van der Waals surface area contributed by atoms with E-state index in [0.717, 1.165) is 12.1 Å². The lowest BCUT2D eigenvalue weighted by molar-refractivity contribution is 0.0631. The summed E-state index contributed by atoms with van der Waals surface area (Å²) in [5.41, 5.74) is 3.34. The van der Waals surface area contributed by atoms with Gasteiger partial charge in [0.1, 0.15) is 11.4 Å². The molecule has 0 aliphatic rings. The number of ether oxygens (including phenoxy) is 1. The first-order chi connectivity index (χ1) is 9.90. The fourth-order valence-electron chi connectivity index (χ4n) is 1.73. The first kappa shape index (κ1) is 18.3. The minimum Gasteiger partial charge on any atom is -0.444 e. The van der Waals surface area contributed by atoms with Crippen LogP contribution < -0.4 is 11.1 Å². The molecule has 0 radical (unpaired) electrons. The standard InChI is InChI=1S/C15H21F3N2O2/c1-14(2,3)22-13(21)20-11-6-5-10(16)7-9(11)8-15(4,19)12(17)18/h5-7,12H,8,19H2,1-4H3,(H,20,21). The predicted molar refractivity (Wildman–Crippen MR) is 78.6 cm³/mol. The van der Waals surface area contributed by atoms with Gasteiger partial charge in [-0.25, -0.2) is 18.0 Å². The molecule has 3 N–H and O–H groups in total. The van der Waals surface area contributed by atoms with Crippen molar-refractivity contribution in [3.63, 3.8) is 0 Å². The molecular formula is C15H21F3N2O2. The van der Waals surface area contributed by atoms with Crippen molar-refractivity contribution in [3.05, 3.63) is 29.6 Å². The first-order valence-corrected chi connectivity index (χ1v) is 6.76. The second-order valence-corrected chi connectivity index (χ2v) is 6.41. The van der Waals surface area contributed by atoms with E-state index in [1.165, 1.54) is 13.0 Å². The lowest BCUT2D eigenvalue weighted by Crippen LogP contribution is -2.46. The zero-order chi connectivity index (χ0) is 17.1. The van der Waals surface area contributed by atoms with Crippen LogP contribution in [0.4, 0.5) is 23.7 Å². The van der Waals surface area contributed by atoms with Gasteiger partial charge in [0, 0.05) is 5.69 Å². The fraction of sp³-hybridized carbons (Fsp3) is 0.533. The Balaban J connectivity index is 2.99. The highest BCUT2D eigenvalue weighted by Gasteiger charge is 2.31. The van der Waals surface area contributed by atoms with Crippen LogP contribution in [0.15, 0.2) is 18.2 Å². The number of halogens is 3. The summed E-state index contributed by atoms with van der Waals surface area (Å²) in [6.45, 7) is 6.23. The van der Waals surface area contributed by atoms with Gasteiger partial charge in [0.15, 0.2) is 0 Å². The topological polar surface area (TPSA) is 64.3 Å². The smallest absolute Gasteiger partial charge is 0.412 e. The van der Waals surface area contributed by atoms with Crippen molar-refractivity contribution >= 4 is 11.8 Å². The lowest BCUT2D eigenvalue weighted by atomic mass is 9.93. The summed E-state index contributed by atoms with van der Waals surface area (Å²) >= 11 is 0. The van der Waals surface area contributed by atoms with Crippen LogP contribution in [0.5, 0.6) is 0 Å². The number of nitrogens with one attached hydrogen (secondary N) is 1. The Kier molecular flexibility index (Phi) is 5.45. The summed E-state index contributed by atoms with van der Waals surface area (Å²) in [5.74, 6) is -0.602. The van der Waals surface area contributed by atoms with E-state index in [1.54, 1.807) is 20.8 Å². The Morgan fingerprint density at radius 1 is 1.32 bits per heavy atom. The summed E-state index contributed by atoms with van der Waals surface area (Å²) < 4.78 is 44.2. The number of hydrogen-bond acceptors (Lipinski definition) is 3. The van der Waals surface area contributed by atoms with E-state index in [-0.39, 0.29) is 17.7 Å². The Morgan fingerprint density at radius 2 is 1.91 bits per heavy atom. The van der Waals surface area contributed by atoms with Crippen molar-refractivity contribution in [3.8, 4) is 0 Å². The predicted octanol–water partition coefficient (Wildman–Crippen LogP) is 3.70. The molecular weight excluding hydrogens is 297 g/mol. The largest absolute Gasteiger partial charge is 0.444 e. The highest BCUT2D eigenvalue weighted by atomic mass is 19.3. The molecule has 1 amide bonds. The van der Waals surface area contributed by atoms with Crippen molar-refractivity contribution in [2.24, 2.45) is 5.73 Å². The Hall–Kier alpha value is -1.76. The first-order valence-electron chi connectivity index (χ1n) is 6.76. The zero-order valence-electron chi connectivity index (χ0n) is 13.0. The van der Waals surface area contributed by atoms with Crippen LogP contribution in [-0.2, 0) is 11.2 Å². The molecule has 1 atom stereocenters. The van der Waals surface area contributed by atoms with E-state index < -0.39 is 29.5 Å². The third-order valence-electron chi connectivity index (χ3n) is 2.77. The second kappa shape index (κ2) is 6.56. The lowest BCUT2D eigenvalue weighted by Gasteiger charge is -2.25. The Bertz CT molecular complexity index is 540. The number of nitrogens with two attached hydrogens (primary N) is 1. The minimum absolute atomic E-state index is 0.177. The third kappa shape index (κ3) is 5.55. The molecule has 0 aliphatic carbocycles. The molecule has 4 nitrogen and oxygen atoms in total. The maximum absolute atomic E-state index is 13.4. The highest BCUT2D eigenvalue weighted by Crippen LogP contribution is 2.25. The molecule has 1 rings (SSSR count). The van der Waals surface area contributed by atoms with E-state index in [9.17, 15) is 18.0 Å². The van der Waals surface area contributed by atoms with Gasteiger partial charge in [-0.3, -0.25) is 5.32 Å². The molecule has 7 heteroatoms. The number of rotatable bonds is 4. The molecule has 1 aromatic rings. The highest BCUT2D eigenvalue weighted by molar-refractivity contribution is 5.86. The van der Waals surface area contributed by atoms with Crippen molar-refractivity contribution < 1.29 is 22.7 Å². The van der Waals surface area contributed by atoms with Gasteiger partial charge in [0.05, 0.1) is 5.54 Å². The van der Waals surface area contributed by atoms with Crippen LogP contribution in [0, 0.1) is 5.82 Å². The van der Waals surface area contributed by atoms with Gasteiger partial charge in [-0.2, -0.15) is 0 Å². The quantitative estimate of drug-likeness (QED) is 0.889. The molecule has 0 spiro atoms. The van der Waals surface area contributed by atoms with Crippen molar-refractivity contribution in [2.45, 2.75) is 51.7 Å². The van der Waals surface area contributed by atoms with Crippen LogP contribution in [0.3, 0.4) is 0 Å². The number of benzene rings is 1. The molecule has 0 fully saturated rings. The maximum Gasteiger partial charge on any atom is 0.412 e. The molecule has 1 unspecified atom stereocenters. The van der Waals surface area contributed by atoms with E-state index in [1.807, 2.05) is 0 Å². The van der Waals surface area contributed by atoms with E-state index in [4.69, 9.17) is 10.5 Å². The van der Waals surface area contributed by atoms with Gasteiger partial charge in [0.25, 0.3) is 6.43 Å². The molecule has 124 valence electrons. The van der Waals surface area contributed by atoms with Gasteiger partial charge in [-0.1, -0.05) is 0 Å². The molecule has 0 heterocycles. The molecule has 0 saturated carbocycles. The third-order valence-corrected chi connectivity index (χ3v) is 2.77. The van der Waals surface area contributed by atoms with Gasteiger partial charge < -0.3 is 10.5 Å². The summed E-state index contributed by atoms with van der Waals surface area (Å²) in [7, 11) is 0. The summed E-state index contributed by atoms with van der Waals surface area (Å²) in [6.07, 6.45) is -3.84. The molecule has 0 aliphatic heterocycles. The van der Waals surface area contributed by atoms with Gasteiger partial charge in [-0.05, 0) is 57.9 Å². The SMILES string of the molecule is CC(C)(C)OC(=O)Nc1ccc(F)cc1CC(C)(N)C(F)F. The van der Waals surface area contributed by atoms with Gasteiger partial charge in [0.2, 0.25) is 0 Å².